The van der Waals surface area contributed by atoms with Crippen molar-refractivity contribution in [1.29, 1.82) is 0 Å². The molecule has 2 N–H and O–H groups in total. The van der Waals surface area contributed by atoms with Crippen LogP contribution in [0.15, 0.2) is 30.3 Å². The van der Waals surface area contributed by atoms with Crippen molar-refractivity contribution in [3.8, 4) is 0 Å². The highest BCUT2D eigenvalue weighted by atomic mass is 16.5. The quantitative estimate of drug-likeness (QED) is 0.328. The SMILES string of the molecule is CN[C@H](C(=O)N[C@H](C(=O)N(C)[C@H](CN(C)CC(=O)N1CCCC[C@H]1C(=O)OC)C(C)C)C(C)(C)C)C(C)(C)c1ccccc1. The van der Waals surface area contributed by atoms with Crippen molar-refractivity contribution >= 4 is 23.7 Å². The number of nitrogens with one attached hydrogen (secondary N) is 2. The molecule has 0 radical (unpaired) electrons. The van der Waals surface area contributed by atoms with Crippen molar-refractivity contribution in [3.05, 3.63) is 35.9 Å². The van der Waals surface area contributed by atoms with Gasteiger partial charge in [-0.25, -0.2) is 4.79 Å². The summed E-state index contributed by atoms with van der Waals surface area (Å²) < 4.78 is 4.94. The molecule has 10 nitrogen and oxygen atoms in total. The van der Waals surface area contributed by atoms with E-state index in [1.54, 1.807) is 23.9 Å². The topological polar surface area (TPSA) is 111 Å². The van der Waals surface area contributed by atoms with Gasteiger partial charge in [0, 0.05) is 31.6 Å². The molecule has 1 aromatic carbocycles. The van der Waals surface area contributed by atoms with Gasteiger partial charge in [0.25, 0.3) is 0 Å². The number of piperidine rings is 1. The zero-order valence-corrected chi connectivity index (χ0v) is 28.9. The number of hydrogen-bond acceptors (Lipinski definition) is 7. The van der Waals surface area contributed by atoms with Crippen molar-refractivity contribution in [2.45, 2.75) is 97.3 Å². The molecule has 1 fully saturated rings. The Hall–Kier alpha value is -2.98. The number of methoxy groups -OCH3 is 1. The molecule has 10 heteroatoms. The van der Waals surface area contributed by atoms with E-state index >= 15 is 0 Å². The number of ether oxygens (including phenoxy) is 1. The molecular weight excluding hydrogens is 558 g/mol. The Bertz CT molecular complexity index is 1120. The second-order valence-corrected chi connectivity index (χ2v) is 14.2. The minimum absolute atomic E-state index is 0.0812. The second kappa shape index (κ2) is 15.8. The summed E-state index contributed by atoms with van der Waals surface area (Å²) in [5.41, 5.74) is -0.0734. The van der Waals surface area contributed by atoms with Gasteiger partial charge in [0.1, 0.15) is 12.1 Å². The van der Waals surface area contributed by atoms with Crippen molar-refractivity contribution in [3.63, 3.8) is 0 Å². The van der Waals surface area contributed by atoms with Crippen LogP contribution in [-0.4, -0.2) is 110 Å². The lowest BCUT2D eigenvalue weighted by molar-refractivity contribution is -0.155. The highest BCUT2D eigenvalue weighted by Crippen LogP contribution is 2.29. The van der Waals surface area contributed by atoms with E-state index in [0.29, 0.717) is 19.5 Å². The molecule has 0 spiro atoms. The molecule has 44 heavy (non-hydrogen) atoms. The molecule has 248 valence electrons. The average molecular weight is 616 g/mol. The van der Waals surface area contributed by atoms with E-state index in [1.807, 2.05) is 90.7 Å². The predicted octanol–water partition coefficient (Wildman–Crippen LogP) is 3.05. The molecule has 3 amide bonds. The van der Waals surface area contributed by atoms with Crippen LogP contribution in [0.25, 0.3) is 0 Å². The third-order valence-corrected chi connectivity index (χ3v) is 9.00. The van der Waals surface area contributed by atoms with Crippen LogP contribution in [0.5, 0.6) is 0 Å². The molecule has 0 aromatic heterocycles. The summed E-state index contributed by atoms with van der Waals surface area (Å²) in [6.07, 6.45) is 2.34. The number of nitrogens with zero attached hydrogens (tertiary/aromatic N) is 3. The molecule has 0 bridgehead atoms. The Kier molecular flexibility index (Phi) is 13.4. The van der Waals surface area contributed by atoms with Crippen molar-refractivity contribution in [1.82, 2.24) is 25.3 Å². The fourth-order valence-corrected chi connectivity index (χ4v) is 6.19. The normalized spacial score (nSPS) is 18.0. The minimum atomic E-state index is -0.773. The summed E-state index contributed by atoms with van der Waals surface area (Å²) >= 11 is 0. The molecule has 2 rings (SSSR count). The fourth-order valence-electron chi connectivity index (χ4n) is 6.19. The van der Waals surface area contributed by atoms with Crippen molar-refractivity contribution in [2.75, 3.05) is 47.9 Å². The van der Waals surface area contributed by atoms with Crippen LogP contribution in [0.1, 0.15) is 73.3 Å². The standard InChI is InChI=1S/C34H57N5O5/c1-23(2)26(21-37(9)22-27(40)39-20-16-15-19-25(39)32(43)44-11)38(10)31(42)29(33(3,4)5)36-30(41)28(35-8)34(6,7)24-17-13-12-14-18-24/h12-14,17-18,23,25-26,28-29,35H,15-16,19-22H2,1-11H3,(H,36,41)/t25-,26+,28+,29+/m0/s1. The number of likely N-dealkylation sites (tertiary alicyclic amines) is 1. The van der Waals surface area contributed by atoms with Gasteiger partial charge in [-0.15, -0.1) is 0 Å². The predicted molar refractivity (Wildman–Crippen MR) is 174 cm³/mol. The van der Waals surface area contributed by atoms with Gasteiger partial charge in [-0.2, -0.15) is 0 Å². The Balaban J connectivity index is 2.21. The summed E-state index contributed by atoms with van der Waals surface area (Å²) in [5.74, 6) is -0.850. The lowest BCUT2D eigenvalue weighted by Gasteiger charge is -2.41. The zero-order valence-electron chi connectivity index (χ0n) is 28.9. The van der Waals surface area contributed by atoms with Crippen LogP contribution in [0.4, 0.5) is 0 Å². The fraction of sp³-hybridized carbons (Fsp3) is 0.706. The second-order valence-electron chi connectivity index (χ2n) is 14.2. The van der Waals surface area contributed by atoms with E-state index in [4.69, 9.17) is 4.74 Å². The third-order valence-electron chi connectivity index (χ3n) is 9.00. The van der Waals surface area contributed by atoms with Gasteiger partial charge in [-0.3, -0.25) is 19.3 Å². The van der Waals surface area contributed by atoms with E-state index in [2.05, 4.69) is 10.6 Å². The van der Waals surface area contributed by atoms with E-state index in [1.165, 1.54) is 7.11 Å². The Morgan fingerprint density at radius 1 is 1.00 bits per heavy atom. The number of benzene rings is 1. The third kappa shape index (κ3) is 9.27. The van der Waals surface area contributed by atoms with Crippen LogP contribution in [0, 0.1) is 11.3 Å². The van der Waals surface area contributed by atoms with Crippen molar-refractivity contribution < 1.29 is 23.9 Å². The highest BCUT2D eigenvalue weighted by molar-refractivity contribution is 5.91. The van der Waals surface area contributed by atoms with Gasteiger partial charge in [0.2, 0.25) is 17.7 Å². The Morgan fingerprint density at radius 3 is 2.14 bits per heavy atom. The molecule has 1 saturated heterocycles. The van der Waals surface area contributed by atoms with Crippen LogP contribution in [0.3, 0.4) is 0 Å². The van der Waals surface area contributed by atoms with Crippen LogP contribution < -0.4 is 10.6 Å². The number of hydrogen-bond donors (Lipinski definition) is 2. The van der Waals surface area contributed by atoms with Crippen LogP contribution >= 0.6 is 0 Å². The first-order valence-corrected chi connectivity index (χ1v) is 15.8. The van der Waals surface area contributed by atoms with Crippen LogP contribution in [-0.2, 0) is 29.3 Å². The summed E-state index contributed by atoms with van der Waals surface area (Å²) in [6, 6.07) is 7.76. The molecule has 0 unspecified atom stereocenters. The molecule has 0 aliphatic carbocycles. The zero-order chi connectivity index (χ0) is 33.4. The van der Waals surface area contributed by atoms with Gasteiger partial charge in [0.15, 0.2) is 0 Å². The highest BCUT2D eigenvalue weighted by Gasteiger charge is 2.42. The first kappa shape index (κ1) is 37.2. The summed E-state index contributed by atoms with van der Waals surface area (Å²) in [4.78, 5) is 58.8. The van der Waals surface area contributed by atoms with Gasteiger partial charge < -0.3 is 25.2 Å². The molecule has 1 aliphatic heterocycles. The number of carbonyl (C=O) groups excluding carboxylic acids is 4. The average Bonchev–Trinajstić information content (AvgIpc) is 2.97. The smallest absolute Gasteiger partial charge is 0.328 e. The molecular formula is C34H57N5O5. The summed E-state index contributed by atoms with van der Waals surface area (Å²) in [5, 5.41) is 6.28. The van der Waals surface area contributed by atoms with Gasteiger partial charge in [0.05, 0.1) is 19.7 Å². The maximum absolute atomic E-state index is 14.1. The maximum Gasteiger partial charge on any atom is 0.328 e. The maximum atomic E-state index is 14.1. The lowest BCUT2D eigenvalue weighted by Crippen LogP contribution is -2.62. The van der Waals surface area contributed by atoms with E-state index in [9.17, 15) is 19.2 Å². The van der Waals surface area contributed by atoms with Crippen LogP contribution in [0.2, 0.25) is 0 Å². The molecule has 1 heterocycles. The van der Waals surface area contributed by atoms with Crippen molar-refractivity contribution in [2.24, 2.45) is 11.3 Å². The Labute approximate surface area is 265 Å². The molecule has 1 aromatic rings. The number of amides is 3. The largest absolute Gasteiger partial charge is 0.467 e. The van der Waals surface area contributed by atoms with Gasteiger partial charge in [-0.1, -0.05) is 78.8 Å². The number of esters is 1. The van der Waals surface area contributed by atoms with Gasteiger partial charge >= 0.3 is 5.97 Å². The Morgan fingerprint density at radius 2 is 1.61 bits per heavy atom. The van der Waals surface area contributed by atoms with E-state index in [0.717, 1.165) is 18.4 Å². The van der Waals surface area contributed by atoms with E-state index in [-0.39, 0.29) is 42.2 Å². The van der Waals surface area contributed by atoms with E-state index < -0.39 is 29.0 Å². The van der Waals surface area contributed by atoms with Gasteiger partial charge in [-0.05, 0) is 50.3 Å². The monoisotopic (exact) mass is 615 g/mol. The summed E-state index contributed by atoms with van der Waals surface area (Å²) in [6.45, 7) is 15.1. The first-order valence-electron chi connectivity index (χ1n) is 15.8. The lowest BCUT2D eigenvalue weighted by atomic mass is 9.76. The number of rotatable bonds is 13. The summed E-state index contributed by atoms with van der Waals surface area (Å²) in [7, 11) is 6.74. The molecule has 0 saturated carbocycles. The first-order chi connectivity index (χ1) is 20.5. The minimum Gasteiger partial charge on any atom is -0.467 e. The number of likely N-dealkylation sites (N-methyl/N-ethyl adjacent to an activating group) is 3. The molecule has 1 aliphatic rings. The number of carbonyl (C=O) groups is 4. The molecule has 4 atom stereocenters.